The van der Waals surface area contributed by atoms with E-state index >= 15 is 0 Å². The van der Waals surface area contributed by atoms with Gasteiger partial charge in [-0.15, -0.1) is 0 Å². The zero-order valence-corrected chi connectivity index (χ0v) is 27.6. The molecular weight excluding hydrogens is 581 g/mol. The number of hydrogen-bond donors (Lipinski definition) is 0. The molecule has 1 aliphatic carbocycles. The van der Waals surface area contributed by atoms with E-state index in [0.29, 0.717) is 0 Å². The highest BCUT2D eigenvalue weighted by Gasteiger charge is 2.58. The Hall–Kier alpha value is -5.22. The number of rotatable bonds is 3. The molecule has 6 aromatic carbocycles. The Balaban J connectivity index is 1.33. The third kappa shape index (κ3) is 3.61. The minimum Gasteiger partial charge on any atom is -0.334 e. The average molecular weight is 620 g/mol. The summed E-state index contributed by atoms with van der Waals surface area (Å²) in [4.78, 5) is 7.78. The van der Waals surface area contributed by atoms with Gasteiger partial charge in [0.2, 0.25) is 0 Å². The van der Waals surface area contributed by atoms with Crippen LogP contribution in [0.3, 0.4) is 0 Å². The molecule has 4 aliphatic rings. The van der Waals surface area contributed by atoms with E-state index in [1.807, 2.05) is 0 Å². The maximum Gasteiger partial charge on any atom is 0.252 e. The molecule has 3 aliphatic heterocycles. The second kappa shape index (κ2) is 10.1. The number of fused-ring (bicyclic) bond motifs is 7. The summed E-state index contributed by atoms with van der Waals surface area (Å²) < 4.78 is 0. The zero-order chi connectivity index (χ0) is 32.0. The molecule has 48 heavy (non-hydrogen) atoms. The predicted molar refractivity (Wildman–Crippen MR) is 203 cm³/mol. The highest BCUT2D eigenvalue weighted by atomic mass is 15.3. The number of benzene rings is 6. The topological polar surface area (TPSA) is 9.72 Å². The normalized spacial score (nSPS) is 21.6. The van der Waals surface area contributed by atoms with E-state index in [2.05, 4.69) is 174 Å². The van der Waals surface area contributed by atoms with Gasteiger partial charge in [-0.3, -0.25) is 0 Å². The molecule has 1 saturated carbocycles. The van der Waals surface area contributed by atoms with Crippen LogP contribution in [0.2, 0.25) is 0 Å². The third-order valence-corrected chi connectivity index (χ3v) is 12.2. The quantitative estimate of drug-likeness (QED) is 0.183. The predicted octanol–water partition coefficient (Wildman–Crippen LogP) is 9.51. The van der Waals surface area contributed by atoms with Crippen molar-refractivity contribution in [1.29, 1.82) is 0 Å². The van der Waals surface area contributed by atoms with Crippen LogP contribution >= 0.6 is 0 Å². The molecule has 0 radical (unpaired) electrons. The van der Waals surface area contributed by atoms with E-state index in [4.69, 9.17) is 0 Å². The summed E-state index contributed by atoms with van der Waals surface area (Å²) in [5.74, 6) is 0. The summed E-state index contributed by atoms with van der Waals surface area (Å²) >= 11 is 0. The van der Waals surface area contributed by atoms with E-state index < -0.39 is 0 Å². The lowest BCUT2D eigenvalue weighted by atomic mass is 9.33. The van der Waals surface area contributed by atoms with Gasteiger partial charge in [0, 0.05) is 50.9 Å². The lowest BCUT2D eigenvalue weighted by molar-refractivity contribution is 0.195. The Morgan fingerprint density at radius 1 is 0.479 bits per heavy atom. The average Bonchev–Trinajstić information content (AvgIpc) is 3.35. The van der Waals surface area contributed by atoms with Gasteiger partial charge in [-0.25, -0.2) is 0 Å². The van der Waals surface area contributed by atoms with Crippen LogP contribution in [-0.2, 0) is 5.41 Å². The van der Waals surface area contributed by atoms with E-state index in [9.17, 15) is 0 Å². The van der Waals surface area contributed by atoms with E-state index in [-0.39, 0.29) is 17.7 Å². The Labute approximate surface area is 284 Å². The standard InChI is InChI=1S/C44H38BN3/c1-43-27-15-16-28-44(43,2)48(37-24-12-9-21-34(37)43)33-29-40-42-41(30-33)47(32-19-7-4-8-20-32)39-26-14-11-23-36(39)45(42)35-22-10-13-25-38(35)46(40)31-17-5-3-6-18-31/h3-14,17-26,29-30H,15-16,27-28H2,1-2H3. The van der Waals surface area contributed by atoms with Crippen molar-refractivity contribution in [2.24, 2.45) is 0 Å². The molecule has 0 saturated heterocycles. The SMILES string of the molecule is CC12CCCCC1(C)N(c1cc3c4c(c1)N(c1ccccc1)c1ccccc1B4c1ccccc1N3c1ccccc1)c1ccccc12. The first kappa shape index (κ1) is 27.9. The van der Waals surface area contributed by atoms with Gasteiger partial charge in [0.15, 0.2) is 0 Å². The molecule has 0 aromatic heterocycles. The summed E-state index contributed by atoms with van der Waals surface area (Å²) in [7, 11) is 0. The Kier molecular flexibility index (Phi) is 5.89. The molecule has 3 nitrogen and oxygen atoms in total. The largest absolute Gasteiger partial charge is 0.334 e. The first-order chi connectivity index (χ1) is 23.6. The number of nitrogens with zero attached hydrogens (tertiary/aromatic N) is 3. The monoisotopic (exact) mass is 619 g/mol. The second-order valence-electron chi connectivity index (χ2n) is 14.5. The minimum absolute atomic E-state index is 0.0381. The molecule has 2 atom stereocenters. The van der Waals surface area contributed by atoms with Crippen LogP contribution in [0, 0.1) is 0 Å². The first-order valence-electron chi connectivity index (χ1n) is 17.5. The van der Waals surface area contributed by atoms with Crippen molar-refractivity contribution in [1.82, 2.24) is 0 Å². The fourth-order valence-electron chi connectivity index (χ4n) is 9.82. The molecule has 6 aromatic rings. The molecule has 2 unspecified atom stereocenters. The molecule has 0 spiro atoms. The van der Waals surface area contributed by atoms with Gasteiger partial charge in [0.05, 0.1) is 5.54 Å². The van der Waals surface area contributed by atoms with Gasteiger partial charge in [0.25, 0.3) is 6.71 Å². The molecule has 1 fully saturated rings. The van der Waals surface area contributed by atoms with Gasteiger partial charge >= 0.3 is 0 Å². The lowest BCUT2D eigenvalue weighted by Gasteiger charge is -2.51. The highest BCUT2D eigenvalue weighted by Crippen LogP contribution is 2.61. The van der Waals surface area contributed by atoms with Crippen LogP contribution in [-0.4, -0.2) is 12.3 Å². The first-order valence-corrected chi connectivity index (χ1v) is 17.5. The molecule has 4 heteroatoms. The van der Waals surface area contributed by atoms with Crippen LogP contribution in [0.1, 0.15) is 45.1 Å². The third-order valence-electron chi connectivity index (χ3n) is 12.2. The van der Waals surface area contributed by atoms with Gasteiger partial charge in [-0.05, 0) is 96.3 Å². The Morgan fingerprint density at radius 3 is 1.54 bits per heavy atom. The summed E-state index contributed by atoms with van der Waals surface area (Å²) in [5, 5.41) is 0. The molecule has 0 amide bonds. The molecular formula is C44H38BN3. The molecule has 0 bridgehead atoms. The van der Waals surface area contributed by atoms with E-state index in [0.717, 1.165) is 0 Å². The van der Waals surface area contributed by atoms with Crippen molar-refractivity contribution in [3.05, 3.63) is 151 Å². The van der Waals surface area contributed by atoms with Gasteiger partial charge < -0.3 is 14.7 Å². The van der Waals surface area contributed by atoms with Gasteiger partial charge in [-0.1, -0.05) is 111 Å². The van der Waals surface area contributed by atoms with Crippen LogP contribution in [0.25, 0.3) is 0 Å². The number of anilines is 8. The fraction of sp³-hybridized carbons (Fsp3) is 0.182. The fourth-order valence-corrected chi connectivity index (χ4v) is 9.82. The molecule has 10 rings (SSSR count). The second-order valence-corrected chi connectivity index (χ2v) is 14.5. The smallest absolute Gasteiger partial charge is 0.252 e. The van der Waals surface area contributed by atoms with E-state index in [1.165, 1.54) is 93.1 Å². The van der Waals surface area contributed by atoms with Crippen molar-refractivity contribution in [3.63, 3.8) is 0 Å². The number of para-hydroxylation sites is 5. The highest BCUT2D eigenvalue weighted by molar-refractivity contribution is 7.00. The van der Waals surface area contributed by atoms with Crippen LogP contribution in [0.5, 0.6) is 0 Å². The van der Waals surface area contributed by atoms with Crippen molar-refractivity contribution in [2.75, 3.05) is 14.7 Å². The maximum atomic E-state index is 2.74. The zero-order valence-electron chi connectivity index (χ0n) is 27.6. The Morgan fingerprint density at radius 2 is 0.958 bits per heavy atom. The lowest BCUT2D eigenvalue weighted by Crippen LogP contribution is -2.61. The van der Waals surface area contributed by atoms with Crippen LogP contribution < -0.4 is 31.1 Å². The van der Waals surface area contributed by atoms with Crippen molar-refractivity contribution < 1.29 is 0 Å². The number of hydrogen-bond acceptors (Lipinski definition) is 3. The summed E-state index contributed by atoms with van der Waals surface area (Å²) in [5.41, 5.74) is 15.6. The Bertz CT molecular complexity index is 2100. The van der Waals surface area contributed by atoms with Crippen molar-refractivity contribution in [3.8, 4) is 0 Å². The molecule has 232 valence electrons. The van der Waals surface area contributed by atoms with Crippen LogP contribution in [0.4, 0.5) is 45.5 Å². The van der Waals surface area contributed by atoms with Crippen molar-refractivity contribution in [2.45, 2.75) is 50.5 Å². The molecule has 3 heterocycles. The van der Waals surface area contributed by atoms with E-state index in [1.54, 1.807) is 0 Å². The molecule has 0 N–H and O–H groups in total. The van der Waals surface area contributed by atoms with Crippen molar-refractivity contribution >= 4 is 68.6 Å². The summed E-state index contributed by atoms with van der Waals surface area (Å²) in [6.45, 7) is 5.19. The summed E-state index contributed by atoms with van der Waals surface area (Å²) in [6, 6.07) is 54.3. The van der Waals surface area contributed by atoms with Gasteiger partial charge in [-0.2, -0.15) is 0 Å². The summed E-state index contributed by atoms with van der Waals surface area (Å²) in [6.07, 6.45) is 4.92. The van der Waals surface area contributed by atoms with Crippen LogP contribution in [0.15, 0.2) is 146 Å². The van der Waals surface area contributed by atoms with Gasteiger partial charge in [0.1, 0.15) is 0 Å². The maximum absolute atomic E-state index is 2.74. The minimum atomic E-state index is -0.0381.